The molecule has 120 valence electrons. The Balaban J connectivity index is 2.03. The molecule has 0 spiro atoms. The van der Waals surface area contributed by atoms with E-state index in [4.69, 9.17) is 4.74 Å². The minimum Gasteiger partial charge on any atom is -0.435 e. The predicted octanol–water partition coefficient (Wildman–Crippen LogP) is 3.57. The van der Waals surface area contributed by atoms with Crippen molar-refractivity contribution in [1.82, 2.24) is 9.55 Å². The molecular weight excluding hydrogens is 310 g/mol. The summed E-state index contributed by atoms with van der Waals surface area (Å²) in [6, 6.07) is 15.1. The van der Waals surface area contributed by atoms with E-state index in [2.05, 4.69) is 4.98 Å². The van der Waals surface area contributed by atoms with Crippen LogP contribution < -0.4 is 0 Å². The molecular formula is C17H13N3O4. The zero-order valence-corrected chi connectivity index (χ0v) is 12.5. The van der Waals surface area contributed by atoms with Crippen LogP contribution in [0, 0.1) is 10.1 Å². The average Bonchev–Trinajstić information content (AvgIpc) is 3.15. The van der Waals surface area contributed by atoms with Gasteiger partial charge in [-0.3, -0.25) is 10.1 Å². The molecule has 3 aromatic rings. The lowest BCUT2D eigenvalue weighted by molar-refractivity contribution is -0.386. The van der Waals surface area contributed by atoms with Crippen LogP contribution in [0.2, 0.25) is 0 Å². The fourth-order valence-corrected chi connectivity index (χ4v) is 2.34. The molecule has 0 aliphatic heterocycles. The number of hydrogen-bond acceptors (Lipinski definition) is 5. The number of carbonyl (C=O) groups is 1. The van der Waals surface area contributed by atoms with Gasteiger partial charge in [0.1, 0.15) is 6.33 Å². The van der Waals surface area contributed by atoms with Crippen molar-refractivity contribution < 1.29 is 14.5 Å². The summed E-state index contributed by atoms with van der Waals surface area (Å²) in [7, 11) is 0. The average molecular weight is 323 g/mol. The summed E-state index contributed by atoms with van der Waals surface area (Å²) in [5, 5.41) is 11.3. The number of imidazole rings is 1. The molecule has 0 bridgehead atoms. The molecule has 7 heteroatoms. The molecule has 2 aromatic carbocycles. The summed E-state index contributed by atoms with van der Waals surface area (Å²) in [5.74, 6) is 0. The van der Waals surface area contributed by atoms with Crippen LogP contribution in [-0.2, 0) is 4.74 Å². The summed E-state index contributed by atoms with van der Waals surface area (Å²) < 4.78 is 6.71. The fraction of sp³-hybridized carbons (Fsp3) is 0.0588. The molecule has 0 saturated carbocycles. The van der Waals surface area contributed by atoms with E-state index in [-0.39, 0.29) is 5.69 Å². The molecule has 1 unspecified atom stereocenters. The Morgan fingerprint density at radius 1 is 1.12 bits per heavy atom. The zero-order chi connectivity index (χ0) is 16.9. The van der Waals surface area contributed by atoms with E-state index < -0.39 is 17.1 Å². The van der Waals surface area contributed by atoms with Gasteiger partial charge in [-0.1, -0.05) is 42.5 Å². The van der Waals surface area contributed by atoms with Crippen molar-refractivity contribution in [1.29, 1.82) is 0 Å². The minimum atomic E-state index is -0.900. The number of benzene rings is 2. The lowest BCUT2D eigenvalue weighted by Gasteiger charge is -2.18. The number of nitrogens with zero attached hydrogens (tertiary/aromatic N) is 3. The number of rotatable bonds is 4. The van der Waals surface area contributed by atoms with Crippen molar-refractivity contribution in [2.45, 2.75) is 6.10 Å². The van der Waals surface area contributed by atoms with Crippen molar-refractivity contribution >= 4 is 11.8 Å². The molecule has 0 aliphatic rings. The highest BCUT2D eigenvalue weighted by atomic mass is 16.6. The molecule has 0 fully saturated rings. The molecule has 7 nitrogen and oxygen atoms in total. The van der Waals surface area contributed by atoms with E-state index in [1.54, 1.807) is 42.5 Å². The van der Waals surface area contributed by atoms with Gasteiger partial charge in [0.25, 0.3) is 5.69 Å². The van der Waals surface area contributed by atoms with Crippen molar-refractivity contribution in [2.75, 3.05) is 0 Å². The van der Waals surface area contributed by atoms with Crippen LogP contribution in [0.25, 0.3) is 0 Å². The van der Waals surface area contributed by atoms with Gasteiger partial charge in [0.05, 0.1) is 10.5 Å². The quantitative estimate of drug-likeness (QED) is 0.541. The van der Waals surface area contributed by atoms with Gasteiger partial charge in [-0.25, -0.2) is 14.3 Å². The third-order valence-corrected chi connectivity index (χ3v) is 3.45. The number of aromatic nitrogens is 2. The Hall–Kier alpha value is -3.48. The maximum atomic E-state index is 12.3. The third-order valence-electron chi connectivity index (χ3n) is 3.45. The predicted molar refractivity (Wildman–Crippen MR) is 85.5 cm³/mol. The minimum absolute atomic E-state index is 0.107. The van der Waals surface area contributed by atoms with E-state index >= 15 is 0 Å². The highest BCUT2D eigenvalue weighted by molar-refractivity contribution is 5.71. The van der Waals surface area contributed by atoms with Gasteiger partial charge in [0, 0.05) is 18.5 Å². The highest BCUT2D eigenvalue weighted by Crippen LogP contribution is 2.32. The molecule has 1 atom stereocenters. The van der Waals surface area contributed by atoms with Gasteiger partial charge >= 0.3 is 6.09 Å². The summed E-state index contributed by atoms with van der Waals surface area (Å²) in [5.41, 5.74) is 0.840. The first-order valence-electron chi connectivity index (χ1n) is 7.14. The molecule has 0 N–H and O–H groups in total. The Kier molecular flexibility index (Phi) is 4.33. The van der Waals surface area contributed by atoms with E-state index in [1.807, 2.05) is 6.07 Å². The summed E-state index contributed by atoms with van der Waals surface area (Å²) in [6.07, 6.45) is 2.64. The van der Waals surface area contributed by atoms with Crippen LogP contribution >= 0.6 is 0 Å². The van der Waals surface area contributed by atoms with Gasteiger partial charge in [0.2, 0.25) is 0 Å². The first-order chi connectivity index (χ1) is 11.7. The Morgan fingerprint density at radius 3 is 2.50 bits per heavy atom. The first-order valence-corrected chi connectivity index (χ1v) is 7.14. The smallest absolute Gasteiger partial charge is 0.420 e. The second kappa shape index (κ2) is 6.74. The maximum absolute atomic E-state index is 12.3. The Morgan fingerprint density at radius 2 is 1.83 bits per heavy atom. The SMILES string of the molecule is O=C(OC(c1ccccc1)c1ccccc1[N+](=O)[O-])n1ccnc1. The molecule has 0 radical (unpaired) electrons. The summed E-state index contributed by atoms with van der Waals surface area (Å²) in [6.45, 7) is 0. The summed E-state index contributed by atoms with van der Waals surface area (Å²) in [4.78, 5) is 26.9. The number of carbonyl (C=O) groups excluding carboxylic acids is 1. The number of para-hydroxylation sites is 1. The molecule has 1 aromatic heterocycles. The molecule has 24 heavy (non-hydrogen) atoms. The van der Waals surface area contributed by atoms with Gasteiger partial charge in [-0.05, 0) is 11.6 Å². The van der Waals surface area contributed by atoms with Gasteiger partial charge < -0.3 is 4.74 Å². The lowest BCUT2D eigenvalue weighted by Crippen LogP contribution is -2.18. The first kappa shape index (κ1) is 15.4. The van der Waals surface area contributed by atoms with Crippen LogP contribution in [-0.4, -0.2) is 20.6 Å². The van der Waals surface area contributed by atoms with Crippen molar-refractivity contribution in [3.05, 3.63) is 94.6 Å². The van der Waals surface area contributed by atoms with Gasteiger partial charge in [-0.15, -0.1) is 0 Å². The second-order valence-electron chi connectivity index (χ2n) is 4.96. The van der Waals surface area contributed by atoms with Crippen LogP contribution in [0.4, 0.5) is 10.5 Å². The fourth-order valence-electron chi connectivity index (χ4n) is 2.34. The molecule has 3 rings (SSSR count). The zero-order valence-electron chi connectivity index (χ0n) is 12.5. The third kappa shape index (κ3) is 3.14. The number of hydrogen-bond donors (Lipinski definition) is 0. The van der Waals surface area contributed by atoms with E-state index in [0.717, 1.165) is 0 Å². The molecule has 0 amide bonds. The normalized spacial score (nSPS) is 11.7. The van der Waals surface area contributed by atoms with Crippen molar-refractivity contribution in [2.24, 2.45) is 0 Å². The van der Waals surface area contributed by atoms with E-state index in [9.17, 15) is 14.9 Å². The van der Waals surface area contributed by atoms with Gasteiger partial charge in [0.15, 0.2) is 6.10 Å². The summed E-state index contributed by atoms with van der Waals surface area (Å²) >= 11 is 0. The maximum Gasteiger partial charge on any atom is 0.420 e. The van der Waals surface area contributed by atoms with Crippen LogP contribution in [0.3, 0.4) is 0 Å². The monoisotopic (exact) mass is 323 g/mol. The molecule has 0 saturated heterocycles. The number of nitro groups is 1. The second-order valence-corrected chi connectivity index (χ2v) is 4.96. The standard InChI is InChI=1S/C17H13N3O4/c21-17(19-11-10-18-12-19)24-16(13-6-2-1-3-7-13)14-8-4-5-9-15(14)20(22)23/h1-12,16H. The molecule has 1 heterocycles. The van der Waals surface area contributed by atoms with Crippen LogP contribution in [0.5, 0.6) is 0 Å². The Bertz CT molecular complexity index is 847. The van der Waals surface area contributed by atoms with Crippen molar-refractivity contribution in [3.8, 4) is 0 Å². The lowest BCUT2D eigenvalue weighted by atomic mass is 10.00. The van der Waals surface area contributed by atoms with Crippen LogP contribution in [0.1, 0.15) is 17.2 Å². The topological polar surface area (TPSA) is 87.3 Å². The molecule has 0 aliphatic carbocycles. The largest absolute Gasteiger partial charge is 0.435 e. The van der Waals surface area contributed by atoms with E-state index in [1.165, 1.54) is 29.4 Å². The number of ether oxygens (including phenoxy) is 1. The highest BCUT2D eigenvalue weighted by Gasteiger charge is 2.27. The Labute approximate surface area is 137 Å². The number of nitro benzene ring substituents is 1. The van der Waals surface area contributed by atoms with Gasteiger partial charge in [-0.2, -0.15) is 0 Å². The van der Waals surface area contributed by atoms with Crippen LogP contribution in [0.15, 0.2) is 73.3 Å². The van der Waals surface area contributed by atoms with Crippen molar-refractivity contribution in [3.63, 3.8) is 0 Å². The van der Waals surface area contributed by atoms with E-state index in [0.29, 0.717) is 11.1 Å².